The van der Waals surface area contributed by atoms with Crippen LogP contribution in [-0.2, 0) is 9.47 Å². The topological polar surface area (TPSA) is 71.6 Å². The minimum Gasteiger partial charge on any atom is -0.384 e. The number of aryl methyl sites for hydroxylation is 1. The number of nitrogens with one attached hydrogen (secondary N) is 1. The second kappa shape index (κ2) is 7.76. The lowest BCUT2D eigenvalue weighted by atomic mass is 10.1. The highest BCUT2D eigenvalue weighted by molar-refractivity contribution is 5.96. The molecule has 1 aromatic carbocycles. The van der Waals surface area contributed by atoms with Crippen LogP contribution < -0.4 is 10.6 Å². The number of amidine groups is 1. The molecule has 3 N–H and O–H groups in total. The van der Waals surface area contributed by atoms with Crippen molar-refractivity contribution in [3.63, 3.8) is 0 Å². The fraction of sp³-hybridized carbons (Fsp3) is 0.500. The number of nitrogens with zero attached hydrogens (tertiary/aromatic N) is 1. The summed E-state index contributed by atoms with van der Waals surface area (Å²) in [5.74, 6) is 0.101. The summed E-state index contributed by atoms with van der Waals surface area (Å²) in [6.07, 6.45) is 0. The van der Waals surface area contributed by atoms with Crippen LogP contribution in [0, 0.1) is 12.3 Å². The van der Waals surface area contributed by atoms with Gasteiger partial charge in [0.25, 0.3) is 0 Å². The smallest absolute Gasteiger partial charge is 0.123 e. The fourth-order valence-electron chi connectivity index (χ4n) is 1.92. The van der Waals surface area contributed by atoms with Crippen LogP contribution in [0.1, 0.15) is 11.1 Å². The predicted octanol–water partition coefficient (Wildman–Crippen LogP) is 1.38. The molecule has 19 heavy (non-hydrogen) atoms. The van der Waals surface area contributed by atoms with Crippen LogP contribution in [-0.4, -0.2) is 46.4 Å². The van der Waals surface area contributed by atoms with E-state index < -0.39 is 0 Å². The third-order valence-electron chi connectivity index (χ3n) is 3.00. The van der Waals surface area contributed by atoms with Crippen LogP contribution >= 0.6 is 0 Å². The maximum atomic E-state index is 7.50. The maximum Gasteiger partial charge on any atom is 0.123 e. The monoisotopic (exact) mass is 265 g/mol. The highest BCUT2D eigenvalue weighted by atomic mass is 16.5. The molecule has 0 heterocycles. The van der Waals surface area contributed by atoms with Crippen LogP contribution in [0.15, 0.2) is 18.2 Å². The Bertz CT molecular complexity index is 413. The molecule has 0 atom stereocenters. The molecule has 0 aliphatic heterocycles. The van der Waals surface area contributed by atoms with Crippen molar-refractivity contribution in [2.24, 2.45) is 5.73 Å². The maximum absolute atomic E-state index is 7.50. The van der Waals surface area contributed by atoms with Crippen LogP contribution in [0.3, 0.4) is 0 Å². The molecular weight excluding hydrogens is 242 g/mol. The van der Waals surface area contributed by atoms with Gasteiger partial charge in [-0.05, 0) is 30.7 Å². The van der Waals surface area contributed by atoms with Gasteiger partial charge in [-0.1, -0.05) is 0 Å². The number of ether oxygens (including phenoxy) is 2. The van der Waals surface area contributed by atoms with Gasteiger partial charge in [0.1, 0.15) is 5.84 Å². The molecule has 0 aliphatic rings. The van der Waals surface area contributed by atoms with E-state index >= 15 is 0 Å². The lowest BCUT2D eigenvalue weighted by Gasteiger charge is -2.25. The summed E-state index contributed by atoms with van der Waals surface area (Å²) in [6, 6.07) is 5.91. The highest BCUT2D eigenvalue weighted by Crippen LogP contribution is 2.19. The number of methoxy groups -OCH3 is 2. The van der Waals surface area contributed by atoms with E-state index in [9.17, 15) is 0 Å². The number of hydrogen-bond donors (Lipinski definition) is 2. The zero-order valence-corrected chi connectivity index (χ0v) is 11.9. The summed E-state index contributed by atoms with van der Waals surface area (Å²) in [5, 5.41) is 7.50. The van der Waals surface area contributed by atoms with Crippen molar-refractivity contribution in [3.8, 4) is 0 Å². The Morgan fingerprint density at radius 3 is 2.21 bits per heavy atom. The molecule has 1 aromatic rings. The molecule has 0 amide bonds. The number of benzene rings is 1. The van der Waals surface area contributed by atoms with Crippen molar-refractivity contribution in [1.29, 1.82) is 5.41 Å². The first kappa shape index (κ1) is 15.5. The average molecular weight is 265 g/mol. The van der Waals surface area contributed by atoms with E-state index in [2.05, 4.69) is 4.90 Å². The molecule has 0 aromatic heterocycles. The van der Waals surface area contributed by atoms with E-state index in [1.165, 1.54) is 0 Å². The van der Waals surface area contributed by atoms with Gasteiger partial charge in [-0.15, -0.1) is 0 Å². The van der Waals surface area contributed by atoms with Crippen LogP contribution in [0.4, 0.5) is 5.69 Å². The van der Waals surface area contributed by atoms with E-state index in [4.69, 9.17) is 20.6 Å². The third-order valence-corrected chi connectivity index (χ3v) is 3.00. The Hall–Kier alpha value is -1.59. The normalized spacial score (nSPS) is 10.5. The van der Waals surface area contributed by atoms with Crippen molar-refractivity contribution in [3.05, 3.63) is 29.3 Å². The van der Waals surface area contributed by atoms with Crippen molar-refractivity contribution in [1.82, 2.24) is 0 Å². The van der Waals surface area contributed by atoms with Gasteiger partial charge in [0, 0.05) is 38.6 Å². The van der Waals surface area contributed by atoms with Gasteiger partial charge < -0.3 is 20.1 Å². The van der Waals surface area contributed by atoms with Crippen LogP contribution in [0.5, 0.6) is 0 Å². The fourth-order valence-corrected chi connectivity index (χ4v) is 1.92. The molecule has 5 heteroatoms. The molecule has 5 nitrogen and oxygen atoms in total. The molecule has 0 unspecified atom stereocenters. The number of nitrogens with two attached hydrogens (primary N) is 1. The van der Waals surface area contributed by atoms with Gasteiger partial charge >= 0.3 is 0 Å². The Balaban J connectivity index is 2.88. The molecule has 0 spiro atoms. The Kier molecular flexibility index (Phi) is 6.32. The molecule has 0 aliphatic carbocycles. The van der Waals surface area contributed by atoms with Gasteiger partial charge in [-0.25, -0.2) is 0 Å². The summed E-state index contributed by atoms with van der Waals surface area (Å²) < 4.78 is 10.3. The quantitative estimate of drug-likeness (QED) is 0.550. The first-order valence-electron chi connectivity index (χ1n) is 6.28. The van der Waals surface area contributed by atoms with E-state index in [0.29, 0.717) is 13.2 Å². The number of anilines is 1. The second-order valence-corrected chi connectivity index (χ2v) is 4.39. The number of hydrogen-bond acceptors (Lipinski definition) is 4. The van der Waals surface area contributed by atoms with Gasteiger partial charge in [0.05, 0.1) is 13.2 Å². The summed E-state index contributed by atoms with van der Waals surface area (Å²) in [7, 11) is 3.39. The number of rotatable bonds is 8. The van der Waals surface area contributed by atoms with E-state index in [1.54, 1.807) is 14.2 Å². The third kappa shape index (κ3) is 4.54. The summed E-state index contributed by atoms with van der Waals surface area (Å²) in [5.41, 5.74) is 8.41. The highest BCUT2D eigenvalue weighted by Gasteiger charge is 2.09. The standard InChI is InChI=1S/C14H23N3O2/c1-11-10-12(4-5-13(11)14(15)16)17(6-8-18-2)7-9-19-3/h4-5,10H,6-9H2,1-3H3,(H3,15,16). The second-order valence-electron chi connectivity index (χ2n) is 4.39. The lowest BCUT2D eigenvalue weighted by Crippen LogP contribution is -2.30. The molecule has 0 radical (unpaired) electrons. The number of nitrogen functional groups attached to an aromatic ring is 1. The van der Waals surface area contributed by atoms with Crippen molar-refractivity contribution in [2.75, 3.05) is 45.4 Å². The van der Waals surface area contributed by atoms with Gasteiger partial charge in [-0.2, -0.15) is 0 Å². The van der Waals surface area contributed by atoms with E-state index in [-0.39, 0.29) is 5.84 Å². The van der Waals surface area contributed by atoms with Crippen molar-refractivity contribution in [2.45, 2.75) is 6.92 Å². The Morgan fingerprint density at radius 2 is 1.79 bits per heavy atom. The molecular formula is C14H23N3O2. The van der Waals surface area contributed by atoms with Gasteiger partial charge in [0.2, 0.25) is 0 Å². The minimum absolute atomic E-state index is 0.101. The van der Waals surface area contributed by atoms with Gasteiger partial charge in [-0.3, -0.25) is 5.41 Å². The summed E-state index contributed by atoms with van der Waals surface area (Å²) in [6.45, 7) is 4.90. The van der Waals surface area contributed by atoms with Crippen LogP contribution in [0.25, 0.3) is 0 Å². The van der Waals surface area contributed by atoms with E-state index in [1.807, 2.05) is 25.1 Å². The molecule has 0 saturated carbocycles. The summed E-state index contributed by atoms with van der Waals surface area (Å²) >= 11 is 0. The van der Waals surface area contributed by atoms with Crippen LogP contribution in [0.2, 0.25) is 0 Å². The SMILES string of the molecule is COCCN(CCOC)c1ccc(C(=N)N)c(C)c1. The molecule has 106 valence electrons. The first-order valence-corrected chi connectivity index (χ1v) is 6.28. The zero-order chi connectivity index (χ0) is 14.3. The summed E-state index contributed by atoms with van der Waals surface area (Å²) in [4.78, 5) is 2.20. The van der Waals surface area contributed by atoms with Gasteiger partial charge in [0.15, 0.2) is 0 Å². The molecule has 1 rings (SSSR count). The first-order chi connectivity index (χ1) is 9.10. The lowest BCUT2D eigenvalue weighted by molar-refractivity contribution is 0.190. The predicted molar refractivity (Wildman–Crippen MR) is 78.2 cm³/mol. The minimum atomic E-state index is 0.101. The molecule has 0 bridgehead atoms. The van der Waals surface area contributed by atoms with Crippen molar-refractivity contribution >= 4 is 11.5 Å². The Morgan fingerprint density at radius 1 is 1.21 bits per heavy atom. The van der Waals surface area contributed by atoms with Crippen molar-refractivity contribution < 1.29 is 9.47 Å². The Labute approximate surface area is 114 Å². The van der Waals surface area contributed by atoms with E-state index in [0.717, 1.165) is 29.9 Å². The molecule has 0 saturated heterocycles. The zero-order valence-electron chi connectivity index (χ0n) is 11.9. The molecule has 0 fully saturated rings. The average Bonchev–Trinajstić information content (AvgIpc) is 2.38. The largest absolute Gasteiger partial charge is 0.384 e.